The molecule has 1 atom stereocenters. The smallest absolute Gasteiger partial charge is 0.407 e. The topological polar surface area (TPSA) is 55.4 Å². The van der Waals surface area contributed by atoms with E-state index in [0.717, 1.165) is 30.3 Å². The molecule has 0 unspecified atom stereocenters. The summed E-state index contributed by atoms with van der Waals surface area (Å²) < 4.78 is 5.52. The molecule has 0 fully saturated rings. The number of unbranched alkanes of at least 4 members (excludes halogenated alkanes) is 2. The SMILES string of the molecule is C#CCCCC[C@@](C)(C=O)NC(=O)OCC1c2ccccc2-c2ccccc21. The number of fused-ring (bicyclic) bond motifs is 3. The third-order valence-corrected chi connectivity index (χ3v) is 5.26. The number of terminal acetylenes is 1. The number of amides is 1. The predicted molar refractivity (Wildman–Crippen MR) is 110 cm³/mol. The summed E-state index contributed by atoms with van der Waals surface area (Å²) in [6.07, 6.45) is 8.23. The zero-order valence-electron chi connectivity index (χ0n) is 16.1. The number of rotatable bonds is 8. The molecule has 4 nitrogen and oxygen atoms in total. The van der Waals surface area contributed by atoms with Crippen molar-refractivity contribution in [3.8, 4) is 23.5 Å². The van der Waals surface area contributed by atoms with Gasteiger partial charge in [0.05, 0.1) is 5.54 Å². The van der Waals surface area contributed by atoms with Crippen LogP contribution < -0.4 is 5.32 Å². The Bertz CT molecular complexity index is 853. The lowest BCUT2D eigenvalue weighted by atomic mass is 9.96. The highest BCUT2D eigenvalue weighted by Crippen LogP contribution is 2.44. The Morgan fingerprint density at radius 1 is 1.14 bits per heavy atom. The Morgan fingerprint density at radius 2 is 1.75 bits per heavy atom. The quantitative estimate of drug-likeness (QED) is 0.414. The van der Waals surface area contributed by atoms with Crippen molar-refractivity contribution in [1.82, 2.24) is 5.32 Å². The van der Waals surface area contributed by atoms with E-state index in [0.29, 0.717) is 12.8 Å². The van der Waals surface area contributed by atoms with E-state index >= 15 is 0 Å². The van der Waals surface area contributed by atoms with Crippen molar-refractivity contribution in [2.45, 2.75) is 44.1 Å². The minimum atomic E-state index is -0.947. The van der Waals surface area contributed by atoms with Crippen LogP contribution in [0.3, 0.4) is 0 Å². The monoisotopic (exact) mass is 375 g/mol. The van der Waals surface area contributed by atoms with Crippen LogP contribution in [0.1, 0.15) is 49.7 Å². The van der Waals surface area contributed by atoms with Gasteiger partial charge in [-0.15, -0.1) is 12.3 Å². The maximum Gasteiger partial charge on any atom is 0.407 e. The zero-order chi connectivity index (χ0) is 20.0. The van der Waals surface area contributed by atoms with Crippen molar-refractivity contribution in [3.63, 3.8) is 0 Å². The van der Waals surface area contributed by atoms with Crippen LogP contribution in [-0.2, 0) is 9.53 Å². The second-order valence-corrected chi connectivity index (χ2v) is 7.40. The molecule has 144 valence electrons. The van der Waals surface area contributed by atoms with Crippen LogP contribution in [0.4, 0.5) is 4.79 Å². The molecule has 1 N–H and O–H groups in total. The Labute approximate surface area is 166 Å². The summed E-state index contributed by atoms with van der Waals surface area (Å²) in [6, 6.07) is 16.4. The number of carbonyl (C=O) groups excluding carboxylic acids is 2. The summed E-state index contributed by atoms with van der Waals surface area (Å²) in [6.45, 7) is 1.93. The summed E-state index contributed by atoms with van der Waals surface area (Å²) in [7, 11) is 0. The van der Waals surface area contributed by atoms with Gasteiger partial charge in [-0.3, -0.25) is 0 Å². The minimum absolute atomic E-state index is 0.00346. The summed E-state index contributed by atoms with van der Waals surface area (Å²) in [5.41, 5.74) is 3.72. The fourth-order valence-electron chi connectivity index (χ4n) is 3.74. The molecule has 0 aromatic heterocycles. The lowest BCUT2D eigenvalue weighted by Gasteiger charge is -2.24. The van der Waals surface area contributed by atoms with Gasteiger partial charge in [-0.2, -0.15) is 0 Å². The molecular weight excluding hydrogens is 350 g/mol. The van der Waals surface area contributed by atoms with E-state index in [1.54, 1.807) is 6.92 Å². The molecule has 0 bridgehead atoms. The van der Waals surface area contributed by atoms with Gasteiger partial charge in [-0.25, -0.2) is 4.79 Å². The molecule has 1 aliphatic rings. The molecule has 0 saturated carbocycles. The predicted octanol–water partition coefficient (Wildman–Crippen LogP) is 4.68. The van der Waals surface area contributed by atoms with Crippen molar-refractivity contribution >= 4 is 12.4 Å². The van der Waals surface area contributed by atoms with Gasteiger partial charge in [0, 0.05) is 12.3 Å². The van der Waals surface area contributed by atoms with Gasteiger partial charge in [0.15, 0.2) is 0 Å². The van der Waals surface area contributed by atoms with Crippen molar-refractivity contribution in [2.24, 2.45) is 0 Å². The van der Waals surface area contributed by atoms with Gasteiger partial charge in [0.25, 0.3) is 0 Å². The largest absolute Gasteiger partial charge is 0.449 e. The average molecular weight is 375 g/mol. The lowest BCUT2D eigenvalue weighted by molar-refractivity contribution is -0.113. The molecular formula is C24H25NO3. The van der Waals surface area contributed by atoms with Gasteiger partial charge in [0.2, 0.25) is 0 Å². The van der Waals surface area contributed by atoms with E-state index in [9.17, 15) is 9.59 Å². The number of carbonyl (C=O) groups is 2. The highest BCUT2D eigenvalue weighted by Gasteiger charge is 2.30. The van der Waals surface area contributed by atoms with E-state index in [4.69, 9.17) is 11.2 Å². The van der Waals surface area contributed by atoms with Gasteiger partial charge >= 0.3 is 6.09 Å². The number of ether oxygens (including phenoxy) is 1. The first kappa shape index (κ1) is 19.7. The van der Waals surface area contributed by atoms with Crippen LogP contribution >= 0.6 is 0 Å². The molecule has 28 heavy (non-hydrogen) atoms. The first-order valence-corrected chi connectivity index (χ1v) is 9.61. The number of benzene rings is 2. The Hall–Kier alpha value is -3.06. The fourth-order valence-corrected chi connectivity index (χ4v) is 3.74. The van der Waals surface area contributed by atoms with E-state index in [-0.39, 0.29) is 12.5 Å². The van der Waals surface area contributed by atoms with Crippen LogP contribution in [0, 0.1) is 12.3 Å². The van der Waals surface area contributed by atoms with Crippen molar-refractivity contribution < 1.29 is 14.3 Å². The molecule has 0 aliphatic heterocycles. The molecule has 1 amide bonds. The van der Waals surface area contributed by atoms with Crippen molar-refractivity contribution in [1.29, 1.82) is 0 Å². The molecule has 0 saturated heterocycles. The molecule has 0 heterocycles. The zero-order valence-corrected chi connectivity index (χ0v) is 16.1. The second kappa shape index (κ2) is 8.75. The number of alkyl carbamates (subject to hydrolysis) is 1. The fraction of sp³-hybridized carbons (Fsp3) is 0.333. The van der Waals surface area contributed by atoms with Gasteiger partial charge < -0.3 is 14.8 Å². The van der Waals surface area contributed by atoms with Crippen LogP contribution in [0.2, 0.25) is 0 Å². The maximum absolute atomic E-state index is 12.4. The highest BCUT2D eigenvalue weighted by molar-refractivity contribution is 5.79. The molecule has 2 aromatic carbocycles. The Balaban J connectivity index is 1.63. The van der Waals surface area contributed by atoms with Gasteiger partial charge in [-0.1, -0.05) is 48.5 Å². The Morgan fingerprint density at radius 3 is 2.32 bits per heavy atom. The van der Waals surface area contributed by atoms with Crippen LogP contribution in [0.5, 0.6) is 0 Å². The number of nitrogens with one attached hydrogen (secondary N) is 1. The van der Waals surface area contributed by atoms with Crippen LogP contribution in [-0.4, -0.2) is 24.5 Å². The highest BCUT2D eigenvalue weighted by atomic mass is 16.5. The number of hydrogen-bond donors (Lipinski definition) is 1. The van der Waals surface area contributed by atoms with E-state index in [1.165, 1.54) is 11.1 Å². The summed E-state index contributed by atoms with van der Waals surface area (Å²) >= 11 is 0. The van der Waals surface area contributed by atoms with Crippen LogP contribution in [0.15, 0.2) is 48.5 Å². The number of hydrogen-bond acceptors (Lipinski definition) is 3. The van der Waals surface area contributed by atoms with Crippen LogP contribution in [0.25, 0.3) is 11.1 Å². The van der Waals surface area contributed by atoms with E-state index < -0.39 is 11.6 Å². The third kappa shape index (κ3) is 4.26. The Kier molecular flexibility index (Phi) is 6.16. The summed E-state index contributed by atoms with van der Waals surface area (Å²) in [4.78, 5) is 23.9. The normalized spacial score (nSPS) is 14.3. The number of aldehydes is 1. The molecule has 3 rings (SSSR count). The third-order valence-electron chi connectivity index (χ3n) is 5.26. The lowest BCUT2D eigenvalue weighted by Crippen LogP contribution is -2.47. The van der Waals surface area contributed by atoms with Gasteiger partial charge in [-0.05, 0) is 48.4 Å². The summed E-state index contributed by atoms with van der Waals surface area (Å²) in [5, 5.41) is 2.71. The molecule has 4 heteroatoms. The average Bonchev–Trinajstić information content (AvgIpc) is 3.04. The second-order valence-electron chi connectivity index (χ2n) is 7.40. The van der Waals surface area contributed by atoms with Gasteiger partial charge in [0.1, 0.15) is 12.9 Å². The first-order chi connectivity index (χ1) is 13.6. The van der Waals surface area contributed by atoms with Crippen molar-refractivity contribution in [2.75, 3.05) is 6.61 Å². The maximum atomic E-state index is 12.4. The summed E-state index contributed by atoms with van der Waals surface area (Å²) in [5.74, 6) is 2.58. The molecule has 2 aromatic rings. The minimum Gasteiger partial charge on any atom is -0.449 e. The van der Waals surface area contributed by atoms with E-state index in [2.05, 4.69) is 35.5 Å². The van der Waals surface area contributed by atoms with E-state index in [1.807, 2.05) is 24.3 Å². The first-order valence-electron chi connectivity index (χ1n) is 9.61. The molecule has 1 aliphatic carbocycles. The standard InChI is InChI=1S/C24H25NO3/c1-3-4-5-10-15-24(2,17-26)25-23(27)28-16-22-20-13-8-6-11-18(20)19-12-7-9-14-21(19)22/h1,6-9,11-14,17,22H,4-5,10,15-16H2,2H3,(H,25,27)/t24-/m0/s1. The molecule has 0 radical (unpaired) electrons. The molecule has 0 spiro atoms. The van der Waals surface area contributed by atoms with Crippen molar-refractivity contribution in [3.05, 3.63) is 59.7 Å².